The van der Waals surface area contributed by atoms with Crippen LogP contribution in [0.1, 0.15) is 44.1 Å². The zero-order chi connectivity index (χ0) is 18.4. The molecule has 1 aromatic carbocycles. The zero-order valence-corrected chi connectivity index (χ0v) is 17.2. The lowest BCUT2D eigenvalue weighted by Gasteiger charge is -2.27. The van der Waals surface area contributed by atoms with E-state index in [1.165, 1.54) is 12.5 Å². The Labute approximate surface area is 162 Å². The van der Waals surface area contributed by atoms with Crippen LogP contribution < -0.4 is 5.73 Å². The molecular formula is C18H25INO4P. The van der Waals surface area contributed by atoms with Crippen LogP contribution >= 0.6 is 30.0 Å². The highest BCUT2D eigenvalue weighted by atomic mass is 127. The van der Waals surface area contributed by atoms with Crippen molar-refractivity contribution in [2.75, 3.05) is 6.16 Å². The highest BCUT2D eigenvalue weighted by Crippen LogP contribution is 2.49. The third-order valence-electron chi connectivity index (χ3n) is 4.70. The van der Waals surface area contributed by atoms with Gasteiger partial charge in [-0.25, -0.2) is 4.79 Å². The SMILES string of the molecule is NC(CC1CCCCC1)P(=O)(O)C/C(=C/c1ccc(I)cc1)C(=O)O. The predicted octanol–water partition coefficient (Wildman–Crippen LogP) is 4.28. The predicted molar refractivity (Wildman–Crippen MR) is 109 cm³/mol. The first kappa shape index (κ1) is 20.6. The van der Waals surface area contributed by atoms with Crippen LogP contribution in [-0.4, -0.2) is 27.9 Å². The molecule has 2 rings (SSSR count). The van der Waals surface area contributed by atoms with E-state index in [0.29, 0.717) is 17.9 Å². The molecule has 1 fully saturated rings. The van der Waals surface area contributed by atoms with E-state index in [1.54, 1.807) is 12.1 Å². The Morgan fingerprint density at radius 2 is 1.88 bits per heavy atom. The van der Waals surface area contributed by atoms with E-state index in [0.717, 1.165) is 29.3 Å². The number of carbonyl (C=O) groups is 1. The van der Waals surface area contributed by atoms with E-state index in [9.17, 15) is 19.4 Å². The summed E-state index contributed by atoms with van der Waals surface area (Å²) in [7, 11) is -3.78. The second-order valence-electron chi connectivity index (χ2n) is 6.75. The van der Waals surface area contributed by atoms with Crippen molar-refractivity contribution in [2.24, 2.45) is 11.7 Å². The van der Waals surface area contributed by atoms with Gasteiger partial charge in [-0.05, 0) is 58.7 Å². The molecule has 0 spiro atoms. The normalized spacial score (nSPS) is 20.0. The standard InChI is InChI=1S/C18H25INO4P/c19-16-8-6-14(7-9-16)10-15(18(21)22)12-25(23,24)17(20)11-13-4-2-1-3-5-13/h6-10,13,17H,1-5,11-12,20H2,(H,21,22)(H,23,24)/b15-10-. The molecule has 0 aliphatic heterocycles. The van der Waals surface area contributed by atoms with Gasteiger partial charge >= 0.3 is 5.97 Å². The summed E-state index contributed by atoms with van der Waals surface area (Å²) >= 11 is 2.16. The maximum atomic E-state index is 12.7. The Morgan fingerprint density at radius 3 is 2.44 bits per heavy atom. The molecule has 0 aromatic heterocycles. The van der Waals surface area contributed by atoms with Gasteiger partial charge in [-0.1, -0.05) is 44.2 Å². The number of benzene rings is 1. The fraction of sp³-hybridized carbons (Fsp3) is 0.500. The van der Waals surface area contributed by atoms with Crippen LogP contribution in [0.15, 0.2) is 29.8 Å². The van der Waals surface area contributed by atoms with Gasteiger partial charge in [-0.2, -0.15) is 0 Å². The van der Waals surface area contributed by atoms with Gasteiger partial charge in [0.15, 0.2) is 0 Å². The van der Waals surface area contributed by atoms with Gasteiger partial charge in [0.25, 0.3) is 0 Å². The number of halogens is 1. The van der Waals surface area contributed by atoms with E-state index in [-0.39, 0.29) is 5.57 Å². The molecule has 0 amide bonds. The molecule has 1 aromatic rings. The van der Waals surface area contributed by atoms with Crippen LogP contribution in [0, 0.1) is 9.49 Å². The van der Waals surface area contributed by atoms with E-state index < -0.39 is 25.3 Å². The molecule has 0 bridgehead atoms. The minimum absolute atomic E-state index is 0.0777. The number of nitrogens with two attached hydrogens (primary N) is 1. The molecule has 2 unspecified atom stereocenters. The average molecular weight is 477 g/mol. The quantitative estimate of drug-likeness (QED) is 0.309. The van der Waals surface area contributed by atoms with Crippen molar-refractivity contribution in [2.45, 2.75) is 44.3 Å². The number of carboxylic acids is 1. The van der Waals surface area contributed by atoms with E-state index in [2.05, 4.69) is 22.6 Å². The van der Waals surface area contributed by atoms with Crippen molar-refractivity contribution in [3.05, 3.63) is 39.0 Å². The van der Waals surface area contributed by atoms with Crippen molar-refractivity contribution in [1.29, 1.82) is 0 Å². The molecule has 5 nitrogen and oxygen atoms in total. The summed E-state index contributed by atoms with van der Waals surface area (Å²) in [6, 6.07) is 7.29. The first-order valence-corrected chi connectivity index (χ1v) is 11.5. The number of rotatable bonds is 7. The molecule has 0 saturated heterocycles. The number of aliphatic carboxylic acids is 1. The Balaban J connectivity index is 2.09. The monoisotopic (exact) mass is 477 g/mol. The van der Waals surface area contributed by atoms with Crippen LogP contribution in [-0.2, 0) is 9.36 Å². The van der Waals surface area contributed by atoms with Crippen LogP contribution in [0.2, 0.25) is 0 Å². The van der Waals surface area contributed by atoms with Gasteiger partial charge in [-0.3, -0.25) is 4.57 Å². The Hall–Kier alpha value is -0.690. The van der Waals surface area contributed by atoms with Crippen molar-refractivity contribution in [3.63, 3.8) is 0 Å². The molecule has 1 aliphatic rings. The minimum atomic E-state index is -3.78. The molecule has 138 valence electrons. The average Bonchev–Trinajstić information content (AvgIpc) is 2.57. The second-order valence-corrected chi connectivity index (χ2v) is 10.5. The Bertz CT molecular complexity index is 668. The molecule has 1 saturated carbocycles. The van der Waals surface area contributed by atoms with Crippen LogP contribution in [0.5, 0.6) is 0 Å². The van der Waals surface area contributed by atoms with Gasteiger partial charge in [0.2, 0.25) is 7.37 Å². The van der Waals surface area contributed by atoms with Gasteiger partial charge in [0.1, 0.15) is 0 Å². The lowest BCUT2D eigenvalue weighted by molar-refractivity contribution is -0.132. The molecule has 4 N–H and O–H groups in total. The largest absolute Gasteiger partial charge is 0.478 e. The molecule has 25 heavy (non-hydrogen) atoms. The first-order chi connectivity index (χ1) is 11.8. The molecule has 2 atom stereocenters. The summed E-state index contributed by atoms with van der Waals surface area (Å²) in [5.41, 5.74) is 6.63. The summed E-state index contributed by atoms with van der Waals surface area (Å²) in [5, 5.41) is 9.41. The summed E-state index contributed by atoms with van der Waals surface area (Å²) < 4.78 is 13.7. The molecule has 0 heterocycles. The van der Waals surface area contributed by atoms with E-state index in [4.69, 9.17) is 5.73 Å². The van der Waals surface area contributed by atoms with E-state index in [1.807, 2.05) is 12.1 Å². The second kappa shape index (κ2) is 9.31. The van der Waals surface area contributed by atoms with Gasteiger partial charge in [0, 0.05) is 9.14 Å². The third-order valence-corrected chi connectivity index (χ3v) is 7.46. The highest BCUT2D eigenvalue weighted by Gasteiger charge is 2.32. The molecule has 1 aliphatic carbocycles. The Morgan fingerprint density at radius 1 is 1.28 bits per heavy atom. The van der Waals surface area contributed by atoms with Gasteiger partial charge in [-0.15, -0.1) is 0 Å². The maximum Gasteiger partial charge on any atom is 0.332 e. The first-order valence-electron chi connectivity index (χ1n) is 8.54. The van der Waals surface area contributed by atoms with Crippen molar-refractivity contribution >= 4 is 42.0 Å². The smallest absolute Gasteiger partial charge is 0.332 e. The van der Waals surface area contributed by atoms with E-state index >= 15 is 0 Å². The van der Waals surface area contributed by atoms with Crippen molar-refractivity contribution < 1.29 is 19.4 Å². The molecule has 0 radical (unpaired) electrons. The number of carboxylic acid groups (broad SMARTS) is 1. The topological polar surface area (TPSA) is 101 Å². The maximum absolute atomic E-state index is 12.7. The summed E-state index contributed by atoms with van der Waals surface area (Å²) in [5.74, 6) is -1.68. The number of hydrogen-bond acceptors (Lipinski definition) is 3. The Kier molecular flexibility index (Phi) is 7.68. The van der Waals surface area contributed by atoms with Crippen molar-refractivity contribution in [3.8, 4) is 0 Å². The fourth-order valence-electron chi connectivity index (χ4n) is 3.23. The molecule has 7 heteroatoms. The lowest BCUT2D eigenvalue weighted by Crippen LogP contribution is -2.27. The number of hydrogen-bond donors (Lipinski definition) is 3. The van der Waals surface area contributed by atoms with Crippen molar-refractivity contribution in [1.82, 2.24) is 0 Å². The summed E-state index contributed by atoms with van der Waals surface area (Å²) in [4.78, 5) is 21.9. The lowest BCUT2D eigenvalue weighted by atomic mass is 9.87. The molecular weight excluding hydrogens is 452 g/mol. The summed E-state index contributed by atoms with van der Waals surface area (Å²) in [6.07, 6.45) is 7.11. The fourth-order valence-corrected chi connectivity index (χ4v) is 5.16. The third kappa shape index (κ3) is 6.51. The highest BCUT2D eigenvalue weighted by molar-refractivity contribution is 14.1. The van der Waals surface area contributed by atoms with Gasteiger partial charge < -0.3 is 15.7 Å². The van der Waals surface area contributed by atoms with Crippen LogP contribution in [0.25, 0.3) is 6.08 Å². The van der Waals surface area contributed by atoms with Crippen LogP contribution in [0.3, 0.4) is 0 Å². The van der Waals surface area contributed by atoms with Gasteiger partial charge in [0.05, 0.1) is 11.9 Å². The minimum Gasteiger partial charge on any atom is -0.478 e. The zero-order valence-electron chi connectivity index (χ0n) is 14.1. The summed E-state index contributed by atoms with van der Waals surface area (Å²) in [6.45, 7) is 0. The van der Waals surface area contributed by atoms with Crippen LogP contribution in [0.4, 0.5) is 0 Å².